The van der Waals surface area contributed by atoms with Gasteiger partial charge in [0.15, 0.2) is 11.4 Å². The zero-order valence-corrected chi connectivity index (χ0v) is 29.2. The van der Waals surface area contributed by atoms with Crippen LogP contribution in [0.3, 0.4) is 0 Å². The Balaban J connectivity index is 1.22. The van der Waals surface area contributed by atoms with Gasteiger partial charge in [-0.05, 0) is 90.4 Å². The third kappa shape index (κ3) is 7.75. The summed E-state index contributed by atoms with van der Waals surface area (Å²) in [6, 6.07) is 20.8. The molecule has 2 aliphatic carbocycles. The van der Waals surface area contributed by atoms with Gasteiger partial charge in [0.2, 0.25) is 11.6 Å². The first kappa shape index (κ1) is 36.3. The van der Waals surface area contributed by atoms with Gasteiger partial charge in [0.05, 0.1) is 18.5 Å². The quantitative estimate of drug-likeness (QED) is 0.0925. The van der Waals surface area contributed by atoms with E-state index in [1.807, 2.05) is 0 Å². The van der Waals surface area contributed by atoms with Crippen LogP contribution in [-0.4, -0.2) is 62.1 Å². The Morgan fingerprint density at radius 1 is 0.660 bits per heavy atom. The average molecular weight is 757 g/mol. The highest BCUT2D eigenvalue weighted by molar-refractivity contribution is 7.91. The topological polar surface area (TPSA) is 242 Å². The van der Waals surface area contributed by atoms with Gasteiger partial charge >= 0.3 is 6.03 Å². The number of ether oxygens (including phenoxy) is 1. The molecule has 16 nitrogen and oxygen atoms in total. The maximum absolute atomic E-state index is 13.4. The summed E-state index contributed by atoms with van der Waals surface area (Å²) in [5.74, 6) is -1.26. The predicted octanol–water partition coefficient (Wildman–Crippen LogP) is 5.43. The van der Waals surface area contributed by atoms with E-state index >= 15 is 0 Å². The van der Waals surface area contributed by atoms with Crippen LogP contribution in [0.5, 0.6) is 5.75 Å². The molecule has 4 aromatic carbocycles. The number of hydrazone groups is 2. The molecule has 0 radical (unpaired) electrons. The molecule has 0 aromatic heterocycles. The van der Waals surface area contributed by atoms with Gasteiger partial charge in [0.25, 0.3) is 20.2 Å². The summed E-state index contributed by atoms with van der Waals surface area (Å²) in [5, 5.41) is 13.0. The third-order valence-corrected chi connectivity index (χ3v) is 9.70. The first-order chi connectivity index (χ1) is 25.1. The zero-order chi connectivity index (χ0) is 38.1. The lowest BCUT2D eigenvalue weighted by Crippen LogP contribution is -2.27. The number of carbonyl (C=O) groups is 3. The number of allylic oxidation sites excluding steroid dienone is 2. The molecule has 53 heavy (non-hydrogen) atoms. The third-order valence-electron chi connectivity index (χ3n) is 7.96. The van der Waals surface area contributed by atoms with Crippen LogP contribution in [0, 0.1) is 6.92 Å². The highest BCUT2D eigenvalue weighted by atomic mass is 32.2. The fourth-order valence-corrected chi connectivity index (χ4v) is 6.71. The molecule has 0 bridgehead atoms. The molecule has 0 spiro atoms. The van der Waals surface area contributed by atoms with Crippen LogP contribution in [0.1, 0.15) is 37.4 Å². The Kier molecular flexibility index (Phi) is 9.78. The van der Waals surface area contributed by atoms with Crippen LogP contribution in [0.25, 0.3) is 12.2 Å². The van der Waals surface area contributed by atoms with E-state index in [4.69, 9.17) is 4.74 Å². The Morgan fingerprint density at radius 2 is 1.11 bits per heavy atom. The van der Waals surface area contributed by atoms with Crippen LogP contribution < -0.4 is 26.2 Å². The summed E-state index contributed by atoms with van der Waals surface area (Å²) >= 11 is 0. The molecule has 0 unspecified atom stereocenters. The molecule has 6 N–H and O–H groups in total. The fourth-order valence-electron chi connectivity index (χ4n) is 5.40. The number of ketones is 2. The summed E-state index contributed by atoms with van der Waals surface area (Å²) in [5.41, 5.74) is 6.20. The molecular weight excluding hydrogens is 729 g/mol. The minimum atomic E-state index is -4.95. The van der Waals surface area contributed by atoms with Crippen molar-refractivity contribution in [2.45, 2.75) is 6.92 Å². The van der Waals surface area contributed by atoms with Gasteiger partial charge in [0, 0.05) is 22.5 Å². The van der Waals surface area contributed by atoms with Crippen molar-refractivity contribution in [1.29, 1.82) is 0 Å². The molecule has 0 saturated carbocycles. The minimum absolute atomic E-state index is 0.0294. The Morgan fingerprint density at radius 3 is 1.58 bits per heavy atom. The number of methoxy groups -OCH3 is 1. The molecule has 0 saturated heterocycles. The second kappa shape index (κ2) is 14.3. The second-order valence-electron chi connectivity index (χ2n) is 11.5. The predicted molar refractivity (Wildman–Crippen MR) is 200 cm³/mol. The molecule has 2 amide bonds. The molecular formula is C35H28N6O10S2. The van der Waals surface area contributed by atoms with E-state index in [0.29, 0.717) is 17.1 Å². The van der Waals surface area contributed by atoms with Gasteiger partial charge in [-0.3, -0.25) is 29.5 Å². The summed E-state index contributed by atoms with van der Waals surface area (Å²) in [7, 11) is -8.45. The van der Waals surface area contributed by atoms with E-state index in [1.165, 1.54) is 43.5 Å². The number of hydrogen-bond acceptors (Lipinski definition) is 12. The molecule has 0 heterocycles. The van der Waals surface area contributed by atoms with Crippen LogP contribution in [0.4, 0.5) is 27.5 Å². The first-order valence-electron chi connectivity index (χ1n) is 15.3. The number of hydrogen-bond donors (Lipinski definition) is 6. The molecule has 0 atom stereocenters. The monoisotopic (exact) mass is 756 g/mol. The number of Topliss-reactive ketones (excluding diaryl/α,β-unsaturated/α-hetero) is 2. The maximum atomic E-state index is 13.4. The highest BCUT2D eigenvalue weighted by Gasteiger charge is 2.34. The summed E-state index contributed by atoms with van der Waals surface area (Å²) < 4.78 is 74.3. The number of rotatable bonds is 9. The zero-order valence-electron chi connectivity index (χ0n) is 27.6. The van der Waals surface area contributed by atoms with Crippen molar-refractivity contribution in [3.63, 3.8) is 0 Å². The molecule has 0 aliphatic heterocycles. The van der Waals surface area contributed by atoms with E-state index in [9.17, 15) is 40.3 Å². The van der Waals surface area contributed by atoms with Crippen molar-refractivity contribution < 1.29 is 45.1 Å². The van der Waals surface area contributed by atoms with Crippen molar-refractivity contribution >= 4 is 84.2 Å². The molecule has 0 fully saturated rings. The fraction of sp³-hybridized carbons (Fsp3) is 0.0571. The molecule has 18 heteroatoms. The number of urea groups is 1. The van der Waals surface area contributed by atoms with E-state index in [-0.39, 0.29) is 33.6 Å². The van der Waals surface area contributed by atoms with Crippen molar-refractivity contribution in [2.24, 2.45) is 10.2 Å². The minimum Gasteiger partial charge on any atom is -0.495 e. The normalized spacial score (nSPS) is 15.5. The second-order valence-corrected chi connectivity index (χ2v) is 14.2. The smallest absolute Gasteiger partial charge is 0.323 e. The standard InChI is InChI=1S/C35H28N6O10S2/c1-19-7-3-4-8-26(19)38-40-31-29(52(45,46)47)17-20-15-22(11-13-24(20)33(31)42)36-35(44)37-23-12-14-25-21(16-23)18-30(53(48,49)50)32(34(25)43)41-39-27-9-5-6-10-28(27)51-2/h3-18,38-39H,1-2H3,(H2,36,37,44)(H,45,46,47)(H,48,49,50)/b40-31-,41-32-. The van der Waals surface area contributed by atoms with Crippen molar-refractivity contribution in [3.05, 3.63) is 123 Å². The lowest BCUT2D eigenvalue weighted by Gasteiger charge is -2.18. The molecule has 4 aromatic rings. The lowest BCUT2D eigenvalue weighted by molar-refractivity contribution is 0.105. The van der Waals surface area contributed by atoms with E-state index < -0.39 is 59.1 Å². The van der Waals surface area contributed by atoms with Gasteiger partial charge in [-0.25, -0.2) is 4.79 Å². The van der Waals surface area contributed by atoms with Gasteiger partial charge < -0.3 is 15.4 Å². The lowest BCUT2D eigenvalue weighted by atomic mass is 9.94. The van der Waals surface area contributed by atoms with Crippen LogP contribution in [0.2, 0.25) is 0 Å². The number of nitrogens with one attached hydrogen (secondary N) is 4. The van der Waals surface area contributed by atoms with Gasteiger partial charge in [0.1, 0.15) is 15.6 Å². The van der Waals surface area contributed by atoms with Crippen molar-refractivity contribution in [2.75, 3.05) is 28.6 Å². The summed E-state index contributed by atoms with van der Waals surface area (Å²) in [4.78, 5) is 38.2. The van der Waals surface area contributed by atoms with Crippen LogP contribution in [-0.2, 0) is 20.2 Å². The average Bonchev–Trinajstić information content (AvgIpc) is 3.10. The van der Waals surface area contributed by atoms with Gasteiger partial charge in [-0.1, -0.05) is 30.3 Å². The Labute approximate surface area is 302 Å². The SMILES string of the molecule is COc1ccccc1N/N=C1\C(=O)c2ccc(NC(=O)Nc3ccc4c(c3)C=C(S(=O)(=O)O)/C(=N/Nc3ccccc3C)C4=O)cc2C=C1S(=O)(=O)O. The number of para-hydroxylation sites is 3. The van der Waals surface area contributed by atoms with Crippen LogP contribution in [0.15, 0.2) is 105 Å². The number of fused-ring (bicyclic) bond motifs is 2. The first-order valence-corrected chi connectivity index (χ1v) is 18.2. The van der Waals surface area contributed by atoms with E-state index in [0.717, 1.165) is 17.7 Å². The number of benzene rings is 4. The van der Waals surface area contributed by atoms with E-state index in [1.54, 1.807) is 55.5 Å². The molecule has 270 valence electrons. The summed E-state index contributed by atoms with van der Waals surface area (Å²) in [6.45, 7) is 1.78. The Bertz CT molecular complexity index is 2580. The van der Waals surface area contributed by atoms with Crippen LogP contribution >= 0.6 is 0 Å². The van der Waals surface area contributed by atoms with Gasteiger partial charge in [-0.2, -0.15) is 27.0 Å². The number of nitrogens with zero attached hydrogens (tertiary/aromatic N) is 2. The van der Waals surface area contributed by atoms with Gasteiger partial charge in [-0.15, -0.1) is 0 Å². The molecule has 6 rings (SSSR count). The number of anilines is 4. The number of carbonyl (C=O) groups excluding carboxylic acids is 3. The van der Waals surface area contributed by atoms with E-state index in [2.05, 4.69) is 31.7 Å². The maximum Gasteiger partial charge on any atom is 0.323 e. The number of amides is 2. The van der Waals surface area contributed by atoms with Crippen molar-refractivity contribution in [1.82, 2.24) is 0 Å². The highest BCUT2D eigenvalue weighted by Crippen LogP contribution is 2.31. The molecule has 2 aliphatic rings. The summed E-state index contributed by atoms with van der Waals surface area (Å²) in [6.07, 6.45) is 2.09. The number of aryl methyl sites for hydroxylation is 1. The van der Waals surface area contributed by atoms with Crippen molar-refractivity contribution in [3.8, 4) is 5.75 Å². The largest absolute Gasteiger partial charge is 0.495 e. The Hall–Kier alpha value is -6.47.